The molecule has 2 amide bonds. The van der Waals surface area contributed by atoms with Crippen molar-refractivity contribution in [2.45, 2.75) is 39.7 Å². The number of hydrogen-bond acceptors (Lipinski definition) is 3. The first-order valence-electron chi connectivity index (χ1n) is 8.37. The molecule has 2 N–H and O–H groups in total. The second-order valence-corrected chi connectivity index (χ2v) is 7.32. The molecule has 0 spiro atoms. The molecule has 1 heterocycles. The molecular weight excluding hydrogens is 321 g/mol. The maximum atomic E-state index is 13.2. The fraction of sp³-hybridized carbons (Fsp3) is 0.500. The fourth-order valence-electron chi connectivity index (χ4n) is 2.60. The van der Waals surface area contributed by atoms with E-state index in [2.05, 4.69) is 41.5 Å². The van der Waals surface area contributed by atoms with Crippen LogP contribution in [0.4, 0.5) is 9.18 Å². The van der Waals surface area contributed by atoms with Crippen LogP contribution in [0.15, 0.2) is 30.6 Å². The Bertz CT molecular complexity index is 690. The van der Waals surface area contributed by atoms with E-state index in [1.54, 1.807) is 16.8 Å². The molecule has 0 aliphatic rings. The van der Waals surface area contributed by atoms with E-state index in [1.165, 1.54) is 18.5 Å². The van der Waals surface area contributed by atoms with Crippen molar-refractivity contribution >= 4 is 6.03 Å². The predicted molar refractivity (Wildman–Crippen MR) is 94.5 cm³/mol. The number of amides is 2. The molecule has 6 nitrogen and oxygen atoms in total. The van der Waals surface area contributed by atoms with E-state index in [4.69, 9.17) is 0 Å². The molecule has 136 valence electrons. The number of carbonyl (C=O) groups is 1. The van der Waals surface area contributed by atoms with Crippen molar-refractivity contribution in [1.29, 1.82) is 0 Å². The highest BCUT2D eigenvalue weighted by Crippen LogP contribution is 2.29. The van der Waals surface area contributed by atoms with Crippen LogP contribution in [0.25, 0.3) is 0 Å². The maximum absolute atomic E-state index is 13.2. The summed E-state index contributed by atoms with van der Waals surface area (Å²) < 4.78 is 14.9. The predicted octanol–water partition coefficient (Wildman–Crippen LogP) is 2.97. The lowest BCUT2D eigenvalue weighted by Gasteiger charge is -2.27. The van der Waals surface area contributed by atoms with Gasteiger partial charge in [-0.05, 0) is 29.5 Å². The van der Waals surface area contributed by atoms with Gasteiger partial charge in [0.2, 0.25) is 0 Å². The summed E-state index contributed by atoms with van der Waals surface area (Å²) in [6.07, 6.45) is 2.84. The highest BCUT2D eigenvalue weighted by molar-refractivity contribution is 5.74. The lowest BCUT2D eigenvalue weighted by atomic mass is 9.85. The van der Waals surface area contributed by atoms with Crippen molar-refractivity contribution < 1.29 is 9.18 Å². The molecule has 0 aliphatic heterocycles. The van der Waals surface area contributed by atoms with Crippen LogP contribution in [-0.4, -0.2) is 27.3 Å². The summed E-state index contributed by atoms with van der Waals surface area (Å²) >= 11 is 0. The van der Waals surface area contributed by atoms with Gasteiger partial charge in [-0.25, -0.2) is 14.2 Å². The number of rotatable bonds is 6. The van der Waals surface area contributed by atoms with Crippen LogP contribution in [0.3, 0.4) is 0 Å². The summed E-state index contributed by atoms with van der Waals surface area (Å²) in [5.41, 5.74) is 0.907. The van der Waals surface area contributed by atoms with Gasteiger partial charge in [0.1, 0.15) is 18.0 Å². The molecule has 2 aromatic rings. The Balaban J connectivity index is 1.94. The van der Waals surface area contributed by atoms with Crippen LogP contribution in [0.1, 0.15) is 44.6 Å². The van der Waals surface area contributed by atoms with Crippen molar-refractivity contribution in [3.63, 3.8) is 0 Å². The number of aromatic nitrogens is 3. The van der Waals surface area contributed by atoms with E-state index in [1.807, 2.05) is 7.05 Å². The molecule has 1 aromatic carbocycles. The van der Waals surface area contributed by atoms with Crippen LogP contribution in [0.5, 0.6) is 0 Å². The molecule has 0 saturated carbocycles. The van der Waals surface area contributed by atoms with Gasteiger partial charge in [0, 0.05) is 20.0 Å². The van der Waals surface area contributed by atoms with Crippen molar-refractivity contribution in [1.82, 2.24) is 25.4 Å². The molecule has 25 heavy (non-hydrogen) atoms. The van der Waals surface area contributed by atoms with E-state index in [0.29, 0.717) is 13.0 Å². The molecule has 2 rings (SSSR count). The number of urea groups is 1. The number of carbonyl (C=O) groups excluding carboxylic acids is 1. The minimum Gasteiger partial charge on any atom is -0.338 e. The molecule has 1 atom stereocenters. The fourth-order valence-corrected chi connectivity index (χ4v) is 2.60. The topological polar surface area (TPSA) is 71.8 Å². The Morgan fingerprint density at radius 2 is 1.96 bits per heavy atom. The summed E-state index contributed by atoms with van der Waals surface area (Å²) in [6.45, 7) is 6.79. The van der Waals surface area contributed by atoms with Gasteiger partial charge in [0.05, 0.1) is 6.04 Å². The molecule has 1 aromatic heterocycles. The third-order valence-corrected chi connectivity index (χ3v) is 3.83. The van der Waals surface area contributed by atoms with Gasteiger partial charge in [0.25, 0.3) is 0 Å². The van der Waals surface area contributed by atoms with Gasteiger partial charge < -0.3 is 10.6 Å². The number of nitrogens with zero attached hydrogens (tertiary/aromatic N) is 3. The van der Waals surface area contributed by atoms with E-state index in [9.17, 15) is 9.18 Å². The van der Waals surface area contributed by atoms with E-state index < -0.39 is 0 Å². The van der Waals surface area contributed by atoms with Gasteiger partial charge in [-0.1, -0.05) is 32.9 Å². The second-order valence-electron chi connectivity index (χ2n) is 7.32. The lowest BCUT2D eigenvalue weighted by Crippen LogP contribution is -2.40. The number of halogens is 1. The Morgan fingerprint density at radius 1 is 1.28 bits per heavy atom. The number of nitrogens with one attached hydrogen (secondary N) is 2. The molecular formula is C18H26FN5O. The summed E-state index contributed by atoms with van der Waals surface area (Å²) in [5.74, 6) is 0.525. The molecule has 0 fully saturated rings. The zero-order chi connectivity index (χ0) is 18.4. The number of hydrogen-bond donors (Lipinski definition) is 2. The normalized spacial score (nSPS) is 12.7. The first-order valence-corrected chi connectivity index (χ1v) is 8.37. The van der Waals surface area contributed by atoms with Crippen LogP contribution < -0.4 is 10.6 Å². The number of aryl methyl sites for hydroxylation is 1. The molecule has 0 saturated heterocycles. The Morgan fingerprint density at radius 3 is 2.52 bits per heavy atom. The summed E-state index contributed by atoms with van der Waals surface area (Å²) in [7, 11) is 1.82. The SMILES string of the molecule is Cn1ncnc1CCNC(=O)N[C@@H](CC(C)(C)C)c1ccc(F)cc1. The molecule has 0 unspecified atom stereocenters. The van der Waals surface area contributed by atoms with E-state index in [0.717, 1.165) is 17.8 Å². The van der Waals surface area contributed by atoms with Gasteiger partial charge >= 0.3 is 6.03 Å². The minimum atomic E-state index is -0.286. The van der Waals surface area contributed by atoms with Gasteiger partial charge in [-0.15, -0.1) is 0 Å². The van der Waals surface area contributed by atoms with E-state index in [-0.39, 0.29) is 23.3 Å². The first-order chi connectivity index (χ1) is 11.7. The third-order valence-electron chi connectivity index (χ3n) is 3.83. The van der Waals surface area contributed by atoms with Crippen LogP contribution in [0.2, 0.25) is 0 Å². The highest BCUT2D eigenvalue weighted by Gasteiger charge is 2.22. The molecule has 0 aliphatic carbocycles. The van der Waals surface area contributed by atoms with Crippen molar-refractivity contribution in [3.8, 4) is 0 Å². The van der Waals surface area contributed by atoms with Gasteiger partial charge in [0.15, 0.2) is 0 Å². The minimum absolute atomic E-state index is 0.0188. The zero-order valence-corrected chi connectivity index (χ0v) is 15.2. The Kier molecular flexibility index (Phi) is 6.12. The van der Waals surface area contributed by atoms with Crippen molar-refractivity contribution in [3.05, 3.63) is 47.8 Å². The molecule has 7 heteroatoms. The monoisotopic (exact) mass is 347 g/mol. The summed E-state index contributed by atoms with van der Waals surface area (Å²) in [6, 6.07) is 5.82. The average molecular weight is 347 g/mol. The highest BCUT2D eigenvalue weighted by atomic mass is 19.1. The largest absolute Gasteiger partial charge is 0.338 e. The lowest BCUT2D eigenvalue weighted by molar-refractivity contribution is 0.230. The van der Waals surface area contributed by atoms with Crippen LogP contribution in [0, 0.1) is 11.2 Å². The van der Waals surface area contributed by atoms with Crippen LogP contribution >= 0.6 is 0 Å². The smallest absolute Gasteiger partial charge is 0.315 e. The first kappa shape index (κ1) is 18.9. The zero-order valence-electron chi connectivity index (χ0n) is 15.2. The van der Waals surface area contributed by atoms with Crippen LogP contribution in [-0.2, 0) is 13.5 Å². The standard InChI is InChI=1S/C18H26FN5O/c1-18(2,3)11-15(13-5-7-14(19)8-6-13)23-17(25)20-10-9-16-21-12-22-24(16)4/h5-8,12,15H,9-11H2,1-4H3,(H2,20,23,25)/t15-/m0/s1. The summed E-state index contributed by atoms with van der Waals surface area (Å²) in [5, 5.41) is 9.83. The molecule has 0 bridgehead atoms. The third kappa shape index (κ3) is 6.17. The Labute approximate surface area is 147 Å². The van der Waals surface area contributed by atoms with E-state index >= 15 is 0 Å². The quantitative estimate of drug-likeness (QED) is 0.844. The van der Waals surface area contributed by atoms with Crippen molar-refractivity contribution in [2.24, 2.45) is 12.5 Å². The molecule has 0 radical (unpaired) electrons. The summed E-state index contributed by atoms with van der Waals surface area (Å²) in [4.78, 5) is 16.4. The number of benzene rings is 1. The maximum Gasteiger partial charge on any atom is 0.315 e. The van der Waals surface area contributed by atoms with Gasteiger partial charge in [-0.3, -0.25) is 4.68 Å². The second kappa shape index (κ2) is 8.09. The Hall–Kier alpha value is -2.44. The average Bonchev–Trinajstić information content (AvgIpc) is 2.91. The van der Waals surface area contributed by atoms with Gasteiger partial charge in [-0.2, -0.15) is 5.10 Å². The van der Waals surface area contributed by atoms with Crippen molar-refractivity contribution in [2.75, 3.05) is 6.54 Å².